The van der Waals surface area contributed by atoms with Gasteiger partial charge in [0, 0.05) is 0 Å². The van der Waals surface area contributed by atoms with Crippen LogP contribution in [0.4, 0.5) is 0 Å². The summed E-state index contributed by atoms with van der Waals surface area (Å²) in [5.41, 5.74) is -0.889. The minimum atomic E-state index is -4.82. The summed E-state index contributed by atoms with van der Waals surface area (Å²) < 4.78 is 77.1. The summed E-state index contributed by atoms with van der Waals surface area (Å²) in [6.07, 6.45) is -6.59. The smallest absolute Gasteiger partial charge is 0.388 e. The molecule has 5 N–H and O–H groups in total. The summed E-state index contributed by atoms with van der Waals surface area (Å²) >= 11 is 0. The van der Waals surface area contributed by atoms with Gasteiger partial charge in [-0.2, -0.15) is 21.6 Å². The highest BCUT2D eigenvalue weighted by atomic mass is 32.3. The highest BCUT2D eigenvalue weighted by Gasteiger charge is 2.48. The normalized spacial score (nSPS) is 32.7. The van der Waals surface area contributed by atoms with Gasteiger partial charge in [0.15, 0.2) is 6.29 Å². The zero-order chi connectivity index (χ0) is 18.9. The van der Waals surface area contributed by atoms with Gasteiger partial charge in [-0.1, -0.05) is 0 Å². The van der Waals surface area contributed by atoms with E-state index in [1.807, 2.05) is 0 Å². The lowest BCUT2D eigenvalue weighted by Crippen LogP contribution is -2.65. The van der Waals surface area contributed by atoms with Crippen LogP contribution in [0.2, 0.25) is 0 Å². The van der Waals surface area contributed by atoms with Gasteiger partial charge in [-0.25, -0.2) is 4.18 Å². The molecule has 0 aromatic rings. The molecule has 14 heteroatoms. The molecule has 144 valence electrons. The molecule has 2 unspecified atom stereocenters. The van der Waals surface area contributed by atoms with Gasteiger partial charge in [0.05, 0.1) is 12.2 Å². The van der Waals surface area contributed by atoms with Crippen molar-refractivity contribution in [2.24, 2.45) is 0 Å². The van der Waals surface area contributed by atoms with Crippen molar-refractivity contribution in [3.05, 3.63) is 0 Å². The van der Waals surface area contributed by atoms with Gasteiger partial charge in [-0.05, 0) is 20.8 Å². The molecule has 0 aromatic heterocycles. The maximum atomic E-state index is 11.0. The van der Waals surface area contributed by atoms with E-state index in [0.29, 0.717) is 0 Å². The number of aliphatic hydroxyl groups excluding tert-OH is 2. The SMILES string of the molecule is CC(C)(C)O[C@@H]1OC(COS(=O)(=O)O)[C@@H](O)[C@H](O)C1NS(=O)(=O)O. The minimum absolute atomic E-state index is 0.861. The van der Waals surface area contributed by atoms with E-state index < -0.39 is 63.6 Å². The second kappa shape index (κ2) is 7.45. The van der Waals surface area contributed by atoms with Crippen LogP contribution in [-0.4, -0.2) is 79.0 Å². The summed E-state index contributed by atoms with van der Waals surface area (Å²) in [5, 5.41) is 20.0. The number of nitrogens with one attached hydrogen (secondary N) is 1. The van der Waals surface area contributed by atoms with Crippen LogP contribution in [-0.2, 0) is 34.4 Å². The molecule has 24 heavy (non-hydrogen) atoms. The minimum Gasteiger partial charge on any atom is -0.388 e. The third-order valence-electron chi connectivity index (χ3n) is 2.84. The third kappa shape index (κ3) is 7.22. The average molecular weight is 395 g/mol. The monoisotopic (exact) mass is 395 g/mol. The summed E-state index contributed by atoms with van der Waals surface area (Å²) in [4.78, 5) is 0. The fourth-order valence-electron chi connectivity index (χ4n) is 1.97. The molecule has 1 fully saturated rings. The molecule has 12 nitrogen and oxygen atoms in total. The molecule has 1 heterocycles. The topological polar surface area (TPSA) is 189 Å². The van der Waals surface area contributed by atoms with Crippen LogP contribution in [0, 0.1) is 0 Å². The molecule has 0 amide bonds. The predicted octanol–water partition coefficient (Wildman–Crippen LogP) is -2.17. The molecule has 1 aliphatic rings. The van der Waals surface area contributed by atoms with Crippen molar-refractivity contribution in [3.8, 4) is 0 Å². The van der Waals surface area contributed by atoms with Crippen LogP contribution < -0.4 is 4.72 Å². The lowest BCUT2D eigenvalue weighted by molar-refractivity contribution is -0.290. The molecule has 1 saturated heterocycles. The number of rotatable bonds is 6. The largest absolute Gasteiger partial charge is 0.397 e. The Morgan fingerprint density at radius 3 is 2.04 bits per heavy atom. The maximum Gasteiger partial charge on any atom is 0.397 e. The van der Waals surface area contributed by atoms with Gasteiger partial charge < -0.3 is 19.7 Å². The Morgan fingerprint density at radius 1 is 1.08 bits per heavy atom. The summed E-state index contributed by atoms with van der Waals surface area (Å²) in [6, 6.07) is -1.59. The Morgan fingerprint density at radius 2 is 1.62 bits per heavy atom. The number of ether oxygens (including phenoxy) is 2. The first kappa shape index (κ1) is 21.6. The molecular weight excluding hydrogens is 374 g/mol. The Kier molecular flexibility index (Phi) is 6.71. The second-order valence-electron chi connectivity index (χ2n) is 6.09. The quantitative estimate of drug-likeness (QED) is 0.308. The van der Waals surface area contributed by atoms with E-state index in [9.17, 15) is 27.0 Å². The molecule has 0 bridgehead atoms. The Hall–Kier alpha value is -0.420. The van der Waals surface area contributed by atoms with E-state index in [-0.39, 0.29) is 0 Å². The summed E-state index contributed by atoms with van der Waals surface area (Å²) in [6.45, 7) is 3.89. The third-order valence-corrected chi connectivity index (χ3v) is 3.84. The van der Waals surface area contributed by atoms with Crippen LogP contribution in [0.3, 0.4) is 0 Å². The number of hydrogen-bond donors (Lipinski definition) is 5. The van der Waals surface area contributed by atoms with Crippen LogP contribution in [0.15, 0.2) is 0 Å². The fourth-order valence-corrected chi connectivity index (χ4v) is 2.87. The molecule has 1 aliphatic heterocycles. The predicted molar refractivity (Wildman–Crippen MR) is 77.5 cm³/mol. The second-order valence-corrected chi connectivity index (χ2v) is 8.36. The van der Waals surface area contributed by atoms with Gasteiger partial charge in [0.25, 0.3) is 0 Å². The molecule has 0 aliphatic carbocycles. The van der Waals surface area contributed by atoms with Gasteiger partial charge in [0.1, 0.15) is 24.4 Å². The first-order valence-corrected chi connectivity index (χ1v) is 9.45. The Bertz CT molecular complexity index is 624. The van der Waals surface area contributed by atoms with Crippen molar-refractivity contribution < 1.29 is 49.8 Å². The fraction of sp³-hybridized carbons (Fsp3) is 1.00. The van der Waals surface area contributed by atoms with Crippen LogP contribution >= 0.6 is 0 Å². The molecule has 1 rings (SSSR count). The molecule has 5 atom stereocenters. The zero-order valence-electron chi connectivity index (χ0n) is 13.1. The van der Waals surface area contributed by atoms with E-state index >= 15 is 0 Å². The molecular formula is C10H21NO11S2. The summed E-state index contributed by atoms with van der Waals surface area (Å²) in [7, 11) is -9.59. The molecule has 0 radical (unpaired) electrons. The highest BCUT2D eigenvalue weighted by Crippen LogP contribution is 2.26. The molecule has 0 spiro atoms. The number of aliphatic hydroxyl groups is 2. The highest BCUT2D eigenvalue weighted by molar-refractivity contribution is 7.83. The van der Waals surface area contributed by atoms with E-state index in [1.54, 1.807) is 25.5 Å². The first-order chi connectivity index (χ1) is 10.6. The molecule has 0 saturated carbocycles. The van der Waals surface area contributed by atoms with Gasteiger partial charge in [-0.15, -0.1) is 0 Å². The van der Waals surface area contributed by atoms with Crippen LogP contribution in [0.5, 0.6) is 0 Å². The van der Waals surface area contributed by atoms with E-state index in [4.69, 9.17) is 18.6 Å². The summed E-state index contributed by atoms with van der Waals surface area (Å²) in [5.74, 6) is 0. The van der Waals surface area contributed by atoms with E-state index in [0.717, 1.165) is 0 Å². The van der Waals surface area contributed by atoms with Crippen LogP contribution in [0.1, 0.15) is 20.8 Å². The van der Waals surface area contributed by atoms with Crippen molar-refractivity contribution in [1.29, 1.82) is 0 Å². The van der Waals surface area contributed by atoms with Gasteiger partial charge in [-0.3, -0.25) is 9.11 Å². The van der Waals surface area contributed by atoms with Crippen molar-refractivity contribution in [2.75, 3.05) is 6.61 Å². The van der Waals surface area contributed by atoms with Crippen molar-refractivity contribution in [1.82, 2.24) is 4.72 Å². The van der Waals surface area contributed by atoms with Crippen molar-refractivity contribution >= 4 is 20.7 Å². The molecule has 0 aromatic carbocycles. The lowest BCUT2D eigenvalue weighted by Gasteiger charge is -2.43. The standard InChI is InChI=1S/C10H21NO11S2/c1-10(2,3)22-9-6(11-23(14,15)16)8(13)7(12)5(21-9)4-20-24(17,18)19/h5-9,11-13H,4H2,1-3H3,(H,14,15,16)(H,17,18,19)/t5?,6?,7-,8-,9+/m1/s1. The Labute approximate surface area is 139 Å². The number of hydrogen-bond acceptors (Lipinski definition) is 9. The van der Waals surface area contributed by atoms with Crippen LogP contribution in [0.25, 0.3) is 0 Å². The Balaban J connectivity index is 3.01. The van der Waals surface area contributed by atoms with E-state index in [1.165, 1.54) is 0 Å². The lowest BCUT2D eigenvalue weighted by atomic mass is 9.97. The van der Waals surface area contributed by atoms with Crippen molar-refractivity contribution in [3.63, 3.8) is 0 Å². The van der Waals surface area contributed by atoms with E-state index in [2.05, 4.69) is 4.18 Å². The maximum absolute atomic E-state index is 11.0. The zero-order valence-corrected chi connectivity index (χ0v) is 14.7. The van der Waals surface area contributed by atoms with Gasteiger partial charge in [0.2, 0.25) is 0 Å². The van der Waals surface area contributed by atoms with Gasteiger partial charge >= 0.3 is 20.7 Å². The first-order valence-electron chi connectivity index (χ1n) is 6.65. The van der Waals surface area contributed by atoms with Crippen molar-refractivity contribution in [2.45, 2.75) is 57.0 Å². The average Bonchev–Trinajstić information content (AvgIpc) is 2.33.